The highest BCUT2D eigenvalue weighted by Gasteiger charge is 2.35. The van der Waals surface area contributed by atoms with Crippen molar-refractivity contribution < 1.29 is 9.59 Å². The van der Waals surface area contributed by atoms with E-state index in [4.69, 9.17) is 0 Å². The quantitative estimate of drug-likeness (QED) is 0.916. The van der Waals surface area contributed by atoms with Gasteiger partial charge in [-0.15, -0.1) is 0 Å². The van der Waals surface area contributed by atoms with Gasteiger partial charge in [0.1, 0.15) is 0 Å². The summed E-state index contributed by atoms with van der Waals surface area (Å²) in [4.78, 5) is 30.0. The summed E-state index contributed by atoms with van der Waals surface area (Å²) in [5, 5.41) is 2.82. The fourth-order valence-electron chi connectivity index (χ4n) is 2.46. The molecule has 0 unspecified atom stereocenters. The highest BCUT2D eigenvalue weighted by atomic mass is 79.9. The summed E-state index contributed by atoms with van der Waals surface area (Å²) in [5.74, 6) is -0.523. The molecule has 1 aliphatic heterocycles. The molecule has 3 rings (SSSR count). The van der Waals surface area contributed by atoms with Gasteiger partial charge in [0.25, 0.3) is 0 Å². The van der Waals surface area contributed by atoms with Crippen molar-refractivity contribution in [2.45, 2.75) is 6.42 Å². The number of anilines is 2. The highest BCUT2D eigenvalue weighted by molar-refractivity contribution is 9.10. The first-order valence-electron chi connectivity index (χ1n) is 6.90. The predicted octanol–water partition coefficient (Wildman–Crippen LogP) is 2.84. The van der Waals surface area contributed by atoms with Gasteiger partial charge < -0.3 is 10.2 Å². The second-order valence-electron chi connectivity index (χ2n) is 5.11. The Hall–Kier alpha value is -2.21. The topological polar surface area (TPSA) is 62.3 Å². The zero-order chi connectivity index (χ0) is 15.5. The lowest BCUT2D eigenvalue weighted by molar-refractivity contribution is -0.122. The van der Waals surface area contributed by atoms with Gasteiger partial charge in [-0.1, -0.05) is 22.0 Å². The molecule has 1 fully saturated rings. The molecule has 2 amide bonds. The van der Waals surface area contributed by atoms with E-state index in [9.17, 15) is 9.59 Å². The van der Waals surface area contributed by atoms with Crippen LogP contribution in [0.5, 0.6) is 0 Å². The molecule has 0 saturated carbocycles. The van der Waals surface area contributed by atoms with E-state index >= 15 is 0 Å². The van der Waals surface area contributed by atoms with E-state index in [0.717, 1.165) is 10.2 Å². The van der Waals surface area contributed by atoms with E-state index in [0.29, 0.717) is 12.2 Å². The van der Waals surface area contributed by atoms with Gasteiger partial charge in [-0.2, -0.15) is 0 Å². The van der Waals surface area contributed by atoms with Crippen LogP contribution >= 0.6 is 15.9 Å². The molecular formula is C16H14BrN3O2. The molecule has 2 aromatic rings. The van der Waals surface area contributed by atoms with E-state index < -0.39 is 0 Å². The minimum atomic E-state index is -0.348. The molecule has 1 aromatic heterocycles. The highest BCUT2D eigenvalue weighted by Crippen LogP contribution is 2.27. The van der Waals surface area contributed by atoms with Crippen LogP contribution in [-0.4, -0.2) is 23.3 Å². The summed E-state index contributed by atoms with van der Waals surface area (Å²) in [6, 6.07) is 11.0. The van der Waals surface area contributed by atoms with Crippen molar-refractivity contribution in [2.24, 2.45) is 5.92 Å². The maximum Gasteiger partial charge on any atom is 0.229 e. The monoisotopic (exact) mass is 359 g/mol. The van der Waals surface area contributed by atoms with E-state index in [2.05, 4.69) is 26.2 Å². The van der Waals surface area contributed by atoms with Crippen LogP contribution in [0.1, 0.15) is 6.42 Å². The van der Waals surface area contributed by atoms with E-state index in [-0.39, 0.29) is 24.2 Å². The first-order chi connectivity index (χ1) is 10.6. The van der Waals surface area contributed by atoms with Gasteiger partial charge in [0, 0.05) is 41.2 Å². The predicted molar refractivity (Wildman–Crippen MR) is 87.5 cm³/mol. The molecule has 1 N–H and O–H groups in total. The number of benzene rings is 1. The van der Waals surface area contributed by atoms with Crippen molar-refractivity contribution in [1.82, 2.24) is 4.98 Å². The van der Waals surface area contributed by atoms with E-state index in [1.54, 1.807) is 29.4 Å². The Morgan fingerprint density at radius 1 is 1.27 bits per heavy atom. The molecule has 22 heavy (non-hydrogen) atoms. The number of nitrogens with zero attached hydrogens (tertiary/aromatic N) is 2. The summed E-state index contributed by atoms with van der Waals surface area (Å²) in [7, 11) is 0. The first kappa shape index (κ1) is 14.7. The van der Waals surface area contributed by atoms with E-state index in [1.807, 2.05) is 24.3 Å². The molecule has 0 spiro atoms. The summed E-state index contributed by atoms with van der Waals surface area (Å²) in [6.07, 6.45) is 3.45. The van der Waals surface area contributed by atoms with Crippen molar-refractivity contribution >= 4 is 39.1 Å². The van der Waals surface area contributed by atoms with Crippen LogP contribution in [0.3, 0.4) is 0 Å². The second kappa shape index (κ2) is 6.27. The number of carbonyl (C=O) groups is 2. The first-order valence-corrected chi connectivity index (χ1v) is 7.69. The molecule has 1 aliphatic rings. The number of amides is 2. The second-order valence-corrected chi connectivity index (χ2v) is 6.03. The zero-order valence-electron chi connectivity index (χ0n) is 11.7. The average molecular weight is 360 g/mol. The Kier molecular flexibility index (Phi) is 4.20. The van der Waals surface area contributed by atoms with Gasteiger partial charge in [-0.05, 0) is 30.3 Å². The Bertz CT molecular complexity index is 706. The van der Waals surface area contributed by atoms with Crippen LogP contribution < -0.4 is 10.2 Å². The molecule has 1 saturated heterocycles. The Morgan fingerprint density at radius 2 is 2.05 bits per heavy atom. The summed E-state index contributed by atoms with van der Waals surface area (Å²) < 4.78 is 0.905. The maximum atomic E-state index is 12.3. The number of aromatic nitrogens is 1. The van der Waals surface area contributed by atoms with Crippen molar-refractivity contribution in [3.63, 3.8) is 0 Å². The molecule has 1 atom stereocenters. The summed E-state index contributed by atoms with van der Waals surface area (Å²) in [6.45, 7) is 0.395. The van der Waals surface area contributed by atoms with Crippen molar-refractivity contribution in [1.29, 1.82) is 0 Å². The van der Waals surface area contributed by atoms with E-state index in [1.165, 1.54) is 0 Å². The lowest BCUT2D eigenvalue weighted by atomic mass is 10.1. The van der Waals surface area contributed by atoms with Gasteiger partial charge in [-0.25, -0.2) is 0 Å². The Morgan fingerprint density at radius 3 is 2.77 bits per heavy atom. The van der Waals surface area contributed by atoms with Crippen LogP contribution in [-0.2, 0) is 9.59 Å². The molecule has 0 aliphatic carbocycles. The molecule has 112 valence electrons. The number of pyridine rings is 1. The molecule has 2 heterocycles. The summed E-state index contributed by atoms with van der Waals surface area (Å²) >= 11 is 3.39. The largest absolute Gasteiger partial charge is 0.326 e. The fourth-order valence-corrected chi connectivity index (χ4v) is 2.84. The summed E-state index contributed by atoms with van der Waals surface area (Å²) in [5.41, 5.74) is 1.49. The number of nitrogens with one attached hydrogen (secondary N) is 1. The minimum Gasteiger partial charge on any atom is -0.326 e. The van der Waals surface area contributed by atoms with Crippen molar-refractivity contribution in [2.75, 3.05) is 16.8 Å². The molecule has 0 radical (unpaired) electrons. The van der Waals surface area contributed by atoms with Gasteiger partial charge in [0.05, 0.1) is 5.92 Å². The van der Waals surface area contributed by atoms with Crippen LogP contribution in [0.15, 0.2) is 53.3 Å². The van der Waals surface area contributed by atoms with Crippen molar-refractivity contribution in [3.8, 4) is 0 Å². The molecule has 0 bridgehead atoms. The van der Waals surface area contributed by atoms with Crippen LogP contribution in [0.25, 0.3) is 0 Å². The number of hydrogen-bond acceptors (Lipinski definition) is 3. The molecular weight excluding hydrogens is 346 g/mol. The third-order valence-corrected chi connectivity index (χ3v) is 4.06. The minimum absolute atomic E-state index is 0.0343. The van der Waals surface area contributed by atoms with Gasteiger partial charge in [0.2, 0.25) is 11.8 Å². The average Bonchev–Trinajstić information content (AvgIpc) is 2.90. The maximum absolute atomic E-state index is 12.3. The standard InChI is InChI=1S/C16H14BrN3O2/c17-12-2-1-3-14(9-12)20-10-11(8-15(20)21)16(22)19-13-4-6-18-7-5-13/h1-7,9,11H,8,10H2,(H,18,19,22)/t11-/m0/s1. The SMILES string of the molecule is O=C(Nc1ccncc1)[C@H]1CC(=O)N(c2cccc(Br)c2)C1. The van der Waals surface area contributed by atoms with Crippen LogP contribution in [0.4, 0.5) is 11.4 Å². The smallest absolute Gasteiger partial charge is 0.229 e. The van der Waals surface area contributed by atoms with Crippen LogP contribution in [0, 0.1) is 5.92 Å². The Labute approximate surface area is 136 Å². The lowest BCUT2D eigenvalue weighted by Gasteiger charge is -2.17. The zero-order valence-corrected chi connectivity index (χ0v) is 13.3. The van der Waals surface area contributed by atoms with Crippen molar-refractivity contribution in [3.05, 3.63) is 53.3 Å². The third kappa shape index (κ3) is 3.17. The third-order valence-electron chi connectivity index (χ3n) is 3.56. The molecule has 1 aromatic carbocycles. The molecule has 5 nitrogen and oxygen atoms in total. The number of carbonyl (C=O) groups excluding carboxylic acids is 2. The number of halogens is 1. The lowest BCUT2D eigenvalue weighted by Crippen LogP contribution is -2.28. The Balaban J connectivity index is 1.70. The van der Waals surface area contributed by atoms with Crippen LogP contribution in [0.2, 0.25) is 0 Å². The number of rotatable bonds is 3. The molecule has 6 heteroatoms. The van der Waals surface area contributed by atoms with Gasteiger partial charge in [0.15, 0.2) is 0 Å². The number of hydrogen-bond donors (Lipinski definition) is 1. The fraction of sp³-hybridized carbons (Fsp3) is 0.188. The van der Waals surface area contributed by atoms with Gasteiger partial charge >= 0.3 is 0 Å². The van der Waals surface area contributed by atoms with Gasteiger partial charge in [-0.3, -0.25) is 14.6 Å². The normalized spacial score (nSPS) is 17.6.